The number of hydrogen-bond donors (Lipinski definition) is 1. The summed E-state index contributed by atoms with van der Waals surface area (Å²) in [6, 6.07) is 5.97. The van der Waals surface area contributed by atoms with E-state index in [1.807, 2.05) is 0 Å². The lowest BCUT2D eigenvalue weighted by Crippen LogP contribution is -2.27. The first-order valence-electron chi connectivity index (χ1n) is 7.68. The molecule has 0 fully saturated rings. The molecule has 0 spiro atoms. The first kappa shape index (κ1) is 18.5. The normalized spacial score (nSPS) is 17.5. The summed E-state index contributed by atoms with van der Waals surface area (Å²) >= 11 is 0. The number of aliphatic hydroxyl groups is 1. The second-order valence-corrected chi connectivity index (χ2v) is 5.89. The number of methoxy groups -OCH3 is 1. The predicted octanol–water partition coefficient (Wildman–Crippen LogP) is 2.45. The molecule has 1 unspecified atom stereocenters. The molecular weight excluding hydrogens is 326 g/mol. The molecule has 0 radical (unpaired) electrons. The molecular formula is C18H19NO6. The van der Waals surface area contributed by atoms with Gasteiger partial charge in [0.2, 0.25) is 0 Å². The molecule has 1 aromatic carbocycles. The number of esters is 1. The summed E-state index contributed by atoms with van der Waals surface area (Å²) in [6.07, 6.45) is 0.364. The lowest BCUT2D eigenvalue weighted by molar-refractivity contribution is -0.385. The number of nitrogens with zero attached hydrogens (tertiary/aromatic N) is 1. The zero-order chi connectivity index (χ0) is 18.7. The van der Waals surface area contributed by atoms with Gasteiger partial charge in [-0.15, -0.1) is 0 Å². The van der Waals surface area contributed by atoms with Gasteiger partial charge >= 0.3 is 5.97 Å². The molecule has 0 amide bonds. The summed E-state index contributed by atoms with van der Waals surface area (Å²) < 4.78 is 4.85. The number of hydrogen-bond acceptors (Lipinski definition) is 6. The van der Waals surface area contributed by atoms with Crippen LogP contribution in [-0.4, -0.2) is 35.5 Å². The highest BCUT2D eigenvalue weighted by Gasteiger charge is 2.39. The molecule has 1 aliphatic carbocycles. The van der Waals surface area contributed by atoms with Crippen molar-refractivity contribution in [3.8, 4) is 0 Å². The smallest absolute Gasteiger partial charge is 0.334 e. The number of para-hydroxylation sites is 1. The van der Waals surface area contributed by atoms with E-state index < -0.39 is 29.2 Å². The summed E-state index contributed by atoms with van der Waals surface area (Å²) in [5.41, 5.74) is 1.80. The number of ketones is 1. The van der Waals surface area contributed by atoms with Gasteiger partial charge in [0, 0.05) is 22.8 Å². The minimum atomic E-state index is -0.942. The van der Waals surface area contributed by atoms with E-state index in [9.17, 15) is 24.8 Å². The number of ether oxygens (including phenoxy) is 1. The molecule has 0 bridgehead atoms. The molecule has 132 valence electrons. The zero-order valence-electron chi connectivity index (χ0n) is 14.2. The van der Waals surface area contributed by atoms with Crippen LogP contribution in [-0.2, 0) is 14.3 Å². The molecule has 25 heavy (non-hydrogen) atoms. The van der Waals surface area contributed by atoms with Gasteiger partial charge in [-0.05, 0) is 20.3 Å². The summed E-state index contributed by atoms with van der Waals surface area (Å²) in [5, 5.41) is 20.8. The molecule has 0 aliphatic heterocycles. The molecule has 0 aromatic heterocycles. The van der Waals surface area contributed by atoms with Crippen LogP contribution in [0.5, 0.6) is 0 Å². The summed E-state index contributed by atoms with van der Waals surface area (Å²) in [5.74, 6) is -2.15. The van der Waals surface area contributed by atoms with Gasteiger partial charge in [0.05, 0.1) is 18.0 Å². The largest absolute Gasteiger partial charge is 0.466 e. The summed E-state index contributed by atoms with van der Waals surface area (Å²) in [6.45, 7) is 2.72. The van der Waals surface area contributed by atoms with E-state index in [2.05, 4.69) is 0 Å². The van der Waals surface area contributed by atoms with Gasteiger partial charge < -0.3 is 9.84 Å². The Morgan fingerprint density at radius 1 is 1.24 bits per heavy atom. The Morgan fingerprint density at radius 3 is 2.40 bits per heavy atom. The average Bonchev–Trinajstić information content (AvgIpc) is 2.59. The van der Waals surface area contributed by atoms with Crippen LogP contribution in [0.4, 0.5) is 5.69 Å². The van der Waals surface area contributed by atoms with Crippen LogP contribution in [0.3, 0.4) is 0 Å². The highest BCUT2D eigenvalue weighted by molar-refractivity contribution is 6.04. The minimum Gasteiger partial charge on any atom is -0.466 e. The average molecular weight is 345 g/mol. The number of aliphatic hydroxyl groups excluding tert-OH is 1. The van der Waals surface area contributed by atoms with Crippen LogP contribution in [0.25, 0.3) is 0 Å². The van der Waals surface area contributed by atoms with E-state index >= 15 is 0 Å². The van der Waals surface area contributed by atoms with Crippen LogP contribution in [0.1, 0.15) is 31.7 Å². The van der Waals surface area contributed by atoms with Gasteiger partial charge in [-0.25, -0.2) is 4.79 Å². The van der Waals surface area contributed by atoms with Gasteiger partial charge in [-0.3, -0.25) is 14.9 Å². The van der Waals surface area contributed by atoms with E-state index in [4.69, 9.17) is 4.74 Å². The molecule has 1 aliphatic rings. The Balaban J connectivity index is 2.80. The number of Topliss-reactive ketones (excluding diaryl/α,β-unsaturated/α-hetero) is 1. The lowest BCUT2D eigenvalue weighted by atomic mass is 9.73. The summed E-state index contributed by atoms with van der Waals surface area (Å²) in [4.78, 5) is 35.6. The fourth-order valence-electron chi connectivity index (χ4n) is 3.32. The van der Waals surface area contributed by atoms with Crippen LogP contribution in [0.2, 0.25) is 0 Å². The molecule has 2 rings (SSSR count). The van der Waals surface area contributed by atoms with Crippen molar-refractivity contribution in [1.82, 2.24) is 0 Å². The number of benzene rings is 1. The first-order chi connectivity index (χ1) is 11.8. The number of allylic oxidation sites excluding steroid dienone is 2. The van der Waals surface area contributed by atoms with E-state index in [0.717, 1.165) is 0 Å². The molecule has 7 nitrogen and oxygen atoms in total. The highest BCUT2D eigenvalue weighted by atomic mass is 16.6. The number of nitro benzene ring substituents is 1. The number of rotatable bonds is 5. The maximum atomic E-state index is 12.4. The molecule has 1 N–H and O–H groups in total. The van der Waals surface area contributed by atoms with Crippen molar-refractivity contribution in [2.75, 3.05) is 13.7 Å². The summed E-state index contributed by atoms with van der Waals surface area (Å²) in [7, 11) is 1.22. The second kappa shape index (κ2) is 7.40. The Bertz CT molecular complexity index is 768. The van der Waals surface area contributed by atoms with E-state index in [1.165, 1.54) is 25.3 Å². The lowest BCUT2D eigenvalue weighted by Gasteiger charge is -2.29. The Hall–Kier alpha value is -2.80. The van der Waals surface area contributed by atoms with Crippen molar-refractivity contribution in [3.05, 3.63) is 62.2 Å². The van der Waals surface area contributed by atoms with Crippen molar-refractivity contribution in [2.24, 2.45) is 0 Å². The van der Waals surface area contributed by atoms with Crippen molar-refractivity contribution < 1.29 is 24.4 Å². The van der Waals surface area contributed by atoms with E-state index in [-0.39, 0.29) is 22.4 Å². The maximum absolute atomic E-state index is 12.4. The Labute approximate surface area is 144 Å². The highest BCUT2D eigenvalue weighted by Crippen LogP contribution is 2.44. The minimum absolute atomic E-state index is 0.195. The quantitative estimate of drug-likeness (QED) is 0.499. The van der Waals surface area contributed by atoms with Gasteiger partial charge in [-0.2, -0.15) is 0 Å². The predicted molar refractivity (Wildman–Crippen MR) is 90.0 cm³/mol. The number of carbonyl (C=O) groups excluding carboxylic acids is 2. The van der Waals surface area contributed by atoms with Crippen molar-refractivity contribution in [2.45, 2.75) is 26.2 Å². The molecule has 1 atom stereocenters. The van der Waals surface area contributed by atoms with Crippen molar-refractivity contribution >= 4 is 17.4 Å². The van der Waals surface area contributed by atoms with E-state index in [0.29, 0.717) is 17.6 Å². The topological polar surface area (TPSA) is 107 Å². The maximum Gasteiger partial charge on any atom is 0.334 e. The Morgan fingerprint density at radius 2 is 1.84 bits per heavy atom. The third kappa shape index (κ3) is 3.36. The standard InChI is InChI=1S/C18H19NO6/c1-10-8-11(2)16(18(22)25-3)17(15(10)14(21)9-20)12-6-4-5-7-13(12)19(23)24/h4-7,17,20H,8-9H2,1-3H3. The van der Waals surface area contributed by atoms with Crippen LogP contribution < -0.4 is 0 Å². The monoisotopic (exact) mass is 345 g/mol. The van der Waals surface area contributed by atoms with Crippen LogP contribution in [0.15, 0.2) is 46.6 Å². The molecule has 0 saturated heterocycles. The second-order valence-electron chi connectivity index (χ2n) is 5.89. The number of nitro groups is 1. The molecule has 0 saturated carbocycles. The van der Waals surface area contributed by atoms with Crippen molar-refractivity contribution in [3.63, 3.8) is 0 Å². The van der Waals surface area contributed by atoms with Gasteiger partial charge in [0.25, 0.3) is 5.69 Å². The van der Waals surface area contributed by atoms with Gasteiger partial charge in [0.1, 0.15) is 6.61 Å². The number of carbonyl (C=O) groups is 2. The van der Waals surface area contributed by atoms with Crippen LogP contribution in [0, 0.1) is 10.1 Å². The van der Waals surface area contributed by atoms with Gasteiger partial charge in [0.15, 0.2) is 5.78 Å². The van der Waals surface area contributed by atoms with E-state index in [1.54, 1.807) is 19.9 Å². The third-order valence-corrected chi connectivity index (χ3v) is 4.32. The molecule has 0 heterocycles. The van der Waals surface area contributed by atoms with Gasteiger partial charge in [-0.1, -0.05) is 29.3 Å². The van der Waals surface area contributed by atoms with Crippen LogP contribution >= 0.6 is 0 Å². The molecule has 1 aromatic rings. The SMILES string of the molecule is COC(=O)C1=C(C)CC(C)=C(C(=O)CO)C1c1ccccc1[N+](=O)[O-]. The first-order valence-corrected chi connectivity index (χ1v) is 7.68. The fourth-order valence-corrected chi connectivity index (χ4v) is 3.32. The Kier molecular flexibility index (Phi) is 5.48. The third-order valence-electron chi connectivity index (χ3n) is 4.32. The zero-order valence-corrected chi connectivity index (χ0v) is 14.2. The fraction of sp³-hybridized carbons (Fsp3) is 0.333. The molecule has 7 heteroatoms. The van der Waals surface area contributed by atoms with Crippen molar-refractivity contribution in [1.29, 1.82) is 0 Å².